The molecule has 7 heteroatoms. The molecule has 0 saturated heterocycles. The van der Waals surface area contributed by atoms with Crippen LogP contribution < -0.4 is 4.83 Å². The van der Waals surface area contributed by atoms with Crippen molar-refractivity contribution in [1.82, 2.24) is 4.83 Å². The molecule has 0 radical (unpaired) electrons. The third-order valence-corrected chi connectivity index (χ3v) is 4.61. The number of hydrogen-bond donors (Lipinski definition) is 1. The number of hydrogen-bond acceptors (Lipinski definition) is 5. The average molecular weight is 346 g/mol. The molecule has 0 atom stereocenters. The van der Waals surface area contributed by atoms with E-state index < -0.39 is 16.0 Å². The first-order valence-corrected chi connectivity index (χ1v) is 8.62. The van der Waals surface area contributed by atoms with E-state index in [1.807, 2.05) is 6.92 Å². The maximum Gasteiger partial charge on any atom is 0.338 e. The zero-order valence-corrected chi connectivity index (χ0v) is 14.4. The van der Waals surface area contributed by atoms with Gasteiger partial charge in [-0.3, -0.25) is 0 Å². The number of nitrogens with one attached hydrogen (secondary N) is 1. The summed E-state index contributed by atoms with van der Waals surface area (Å²) in [5, 5.41) is 3.77. The summed E-state index contributed by atoms with van der Waals surface area (Å²) < 4.78 is 28.9. The Labute approximate surface area is 141 Å². The second-order valence-corrected chi connectivity index (χ2v) is 6.89. The number of ether oxygens (including phenoxy) is 1. The van der Waals surface area contributed by atoms with Crippen molar-refractivity contribution in [2.45, 2.75) is 18.7 Å². The van der Waals surface area contributed by atoms with Gasteiger partial charge in [-0.05, 0) is 49.2 Å². The fraction of sp³-hybridized carbons (Fsp3) is 0.176. The minimum absolute atomic E-state index is 0.141. The van der Waals surface area contributed by atoms with E-state index >= 15 is 0 Å². The molecule has 0 amide bonds. The molecule has 2 aromatic rings. The molecular weight excluding hydrogens is 328 g/mol. The number of rotatable bonds is 5. The van der Waals surface area contributed by atoms with Crippen molar-refractivity contribution in [3.05, 3.63) is 64.7 Å². The van der Waals surface area contributed by atoms with Crippen LogP contribution >= 0.6 is 0 Å². The lowest BCUT2D eigenvalue weighted by Gasteiger charge is -2.05. The summed E-state index contributed by atoms with van der Waals surface area (Å²) in [4.78, 5) is 13.8. The molecule has 0 aliphatic heterocycles. The van der Waals surface area contributed by atoms with Crippen LogP contribution in [-0.2, 0) is 14.8 Å². The molecule has 0 heterocycles. The van der Waals surface area contributed by atoms with Gasteiger partial charge in [0, 0.05) is 0 Å². The van der Waals surface area contributed by atoms with E-state index in [0.717, 1.165) is 5.56 Å². The Hall–Kier alpha value is -2.67. The molecule has 2 rings (SSSR count). The highest BCUT2D eigenvalue weighted by Gasteiger charge is 2.12. The number of sulfonamides is 1. The van der Waals surface area contributed by atoms with Gasteiger partial charge in [-0.25, -0.2) is 9.63 Å². The first kappa shape index (κ1) is 17.7. The minimum Gasteiger partial charge on any atom is -0.465 e. The van der Waals surface area contributed by atoms with E-state index in [1.165, 1.54) is 25.5 Å². The quantitative estimate of drug-likeness (QED) is 0.512. The van der Waals surface area contributed by atoms with Crippen LogP contribution in [0.5, 0.6) is 0 Å². The maximum absolute atomic E-state index is 12.1. The molecule has 6 nitrogen and oxygen atoms in total. The van der Waals surface area contributed by atoms with Crippen molar-refractivity contribution in [2.24, 2.45) is 5.10 Å². The van der Waals surface area contributed by atoms with Crippen molar-refractivity contribution < 1.29 is 17.9 Å². The Morgan fingerprint density at radius 3 is 2.38 bits per heavy atom. The van der Waals surface area contributed by atoms with Gasteiger partial charge in [0.05, 0.1) is 23.8 Å². The number of carbonyl (C=O) groups excluding carboxylic acids is 1. The molecular formula is C17H18N2O4S. The van der Waals surface area contributed by atoms with Crippen LogP contribution in [0.4, 0.5) is 0 Å². The average Bonchev–Trinajstić information content (AvgIpc) is 2.54. The summed E-state index contributed by atoms with van der Waals surface area (Å²) in [5.74, 6) is -0.420. The predicted octanol–water partition coefficient (Wildman–Crippen LogP) is 2.40. The van der Waals surface area contributed by atoms with Crippen molar-refractivity contribution in [1.29, 1.82) is 0 Å². The Bertz CT molecular complexity index is 872. The van der Waals surface area contributed by atoms with Gasteiger partial charge in [-0.2, -0.15) is 13.5 Å². The second kappa shape index (κ2) is 7.27. The van der Waals surface area contributed by atoms with E-state index in [2.05, 4.69) is 14.7 Å². The molecule has 0 unspecified atom stereocenters. The third-order valence-electron chi connectivity index (χ3n) is 3.37. The Balaban J connectivity index is 2.12. The minimum atomic E-state index is -3.70. The van der Waals surface area contributed by atoms with Gasteiger partial charge in [-0.1, -0.05) is 23.8 Å². The van der Waals surface area contributed by atoms with Crippen LogP contribution in [0.3, 0.4) is 0 Å². The number of benzene rings is 2. The van der Waals surface area contributed by atoms with E-state index in [0.29, 0.717) is 16.7 Å². The SMILES string of the molecule is COC(=O)c1ccc(/C=N\NS(=O)(=O)c2ccc(C)cc2)cc1C. The van der Waals surface area contributed by atoms with Gasteiger partial charge in [0.1, 0.15) is 0 Å². The summed E-state index contributed by atoms with van der Waals surface area (Å²) in [6, 6.07) is 11.4. The summed E-state index contributed by atoms with van der Waals surface area (Å²) in [6.45, 7) is 3.64. The van der Waals surface area contributed by atoms with E-state index in [9.17, 15) is 13.2 Å². The monoisotopic (exact) mass is 346 g/mol. The first-order chi connectivity index (χ1) is 11.3. The van der Waals surface area contributed by atoms with Crippen LogP contribution in [0.1, 0.15) is 27.0 Å². The first-order valence-electron chi connectivity index (χ1n) is 7.14. The highest BCUT2D eigenvalue weighted by atomic mass is 32.2. The van der Waals surface area contributed by atoms with Gasteiger partial charge < -0.3 is 4.74 Å². The standard InChI is InChI=1S/C17H18N2O4S/c1-12-4-7-15(8-5-12)24(21,22)19-18-11-14-6-9-16(13(2)10-14)17(20)23-3/h4-11,19H,1-3H3/b18-11-. The third kappa shape index (κ3) is 4.20. The van der Waals surface area contributed by atoms with Crippen molar-refractivity contribution in [3.8, 4) is 0 Å². The van der Waals surface area contributed by atoms with Gasteiger partial charge in [0.25, 0.3) is 10.0 Å². The lowest BCUT2D eigenvalue weighted by atomic mass is 10.1. The largest absolute Gasteiger partial charge is 0.465 e. The summed E-state index contributed by atoms with van der Waals surface area (Å²) in [5.41, 5.74) is 2.80. The molecule has 0 aromatic heterocycles. The highest BCUT2D eigenvalue weighted by molar-refractivity contribution is 7.89. The number of carbonyl (C=O) groups is 1. The lowest BCUT2D eigenvalue weighted by molar-refractivity contribution is 0.0600. The molecule has 0 saturated carbocycles. The van der Waals surface area contributed by atoms with E-state index in [4.69, 9.17) is 0 Å². The van der Waals surface area contributed by atoms with Crippen LogP contribution in [-0.4, -0.2) is 27.7 Å². The van der Waals surface area contributed by atoms with Gasteiger partial charge in [0.15, 0.2) is 0 Å². The zero-order valence-electron chi connectivity index (χ0n) is 13.6. The number of esters is 1. The van der Waals surface area contributed by atoms with Crippen LogP contribution in [0.25, 0.3) is 0 Å². The summed E-state index contributed by atoms with van der Waals surface area (Å²) in [6.07, 6.45) is 1.37. The van der Waals surface area contributed by atoms with Crippen molar-refractivity contribution >= 4 is 22.2 Å². The normalized spacial score (nSPS) is 11.5. The van der Waals surface area contributed by atoms with Crippen LogP contribution in [0, 0.1) is 13.8 Å². The number of hydrazone groups is 1. The van der Waals surface area contributed by atoms with Gasteiger partial charge in [-0.15, -0.1) is 0 Å². The molecule has 0 bridgehead atoms. The van der Waals surface area contributed by atoms with Gasteiger partial charge >= 0.3 is 5.97 Å². The highest BCUT2D eigenvalue weighted by Crippen LogP contribution is 2.12. The molecule has 1 N–H and O–H groups in total. The van der Waals surface area contributed by atoms with Crippen molar-refractivity contribution in [3.63, 3.8) is 0 Å². The number of nitrogens with zero attached hydrogens (tertiary/aromatic N) is 1. The Kier molecular flexibility index (Phi) is 5.35. The second-order valence-electron chi connectivity index (χ2n) is 5.23. The molecule has 126 valence electrons. The Morgan fingerprint density at radius 1 is 1.12 bits per heavy atom. The predicted molar refractivity (Wildman–Crippen MR) is 91.6 cm³/mol. The molecule has 0 aliphatic carbocycles. The van der Waals surface area contributed by atoms with E-state index in [-0.39, 0.29) is 4.90 Å². The maximum atomic E-state index is 12.1. The Morgan fingerprint density at radius 2 is 1.79 bits per heavy atom. The van der Waals surface area contributed by atoms with Crippen LogP contribution in [0.15, 0.2) is 52.5 Å². The number of aryl methyl sites for hydroxylation is 2. The van der Waals surface area contributed by atoms with Crippen molar-refractivity contribution in [2.75, 3.05) is 7.11 Å². The molecule has 0 aliphatic rings. The van der Waals surface area contributed by atoms with E-state index in [1.54, 1.807) is 37.3 Å². The zero-order chi connectivity index (χ0) is 17.7. The summed E-state index contributed by atoms with van der Waals surface area (Å²) in [7, 11) is -2.39. The number of methoxy groups -OCH3 is 1. The van der Waals surface area contributed by atoms with Crippen LogP contribution in [0.2, 0.25) is 0 Å². The molecule has 0 spiro atoms. The van der Waals surface area contributed by atoms with Gasteiger partial charge in [0.2, 0.25) is 0 Å². The molecule has 0 fully saturated rings. The fourth-order valence-electron chi connectivity index (χ4n) is 2.05. The lowest BCUT2D eigenvalue weighted by Crippen LogP contribution is -2.18. The molecule has 24 heavy (non-hydrogen) atoms. The smallest absolute Gasteiger partial charge is 0.338 e. The molecule has 2 aromatic carbocycles. The topological polar surface area (TPSA) is 84.8 Å². The fourth-order valence-corrected chi connectivity index (χ4v) is 2.84. The summed E-state index contributed by atoms with van der Waals surface area (Å²) >= 11 is 0.